The van der Waals surface area contributed by atoms with Crippen molar-refractivity contribution >= 4 is 27.1 Å². The molecule has 0 aliphatic carbocycles. The minimum Gasteiger partial charge on any atom is -0.515 e. The Morgan fingerprint density at radius 2 is 2.13 bits per heavy atom. The number of rotatable bonds is 7. The van der Waals surface area contributed by atoms with E-state index in [1.54, 1.807) is 6.92 Å². The van der Waals surface area contributed by atoms with E-state index >= 15 is 0 Å². The van der Waals surface area contributed by atoms with Crippen LogP contribution in [0.5, 0.6) is 0 Å². The van der Waals surface area contributed by atoms with Gasteiger partial charge >= 0.3 is 0 Å². The van der Waals surface area contributed by atoms with Crippen LogP contribution in [0.4, 0.5) is 0 Å². The first kappa shape index (κ1) is 15.2. The Morgan fingerprint density at radius 1 is 1.53 bits per heavy atom. The highest BCUT2D eigenvalue weighted by Gasteiger charge is 2.29. The van der Waals surface area contributed by atoms with E-state index in [1.807, 2.05) is 6.92 Å². The van der Waals surface area contributed by atoms with E-state index in [1.165, 1.54) is 0 Å². The maximum absolute atomic E-state index is 9.89. The summed E-state index contributed by atoms with van der Waals surface area (Å²) in [5, 5.41) is 19.3. The zero-order chi connectivity index (χ0) is 11.9. The lowest BCUT2D eigenvalue weighted by molar-refractivity contribution is -0.0199. The number of aliphatic hydroxyl groups excluding tert-OH is 2. The molecule has 3 nitrogen and oxygen atoms in total. The van der Waals surface area contributed by atoms with Gasteiger partial charge in [0.05, 0.1) is 21.1 Å². The Kier molecular flexibility index (Phi) is 7.51. The SMILES string of the molecule is CCCC(S)[Si]=C(O)C(C)(CO)OCC. The Morgan fingerprint density at radius 3 is 2.53 bits per heavy atom. The largest absolute Gasteiger partial charge is 0.515 e. The molecule has 0 rings (SSSR count). The predicted octanol–water partition coefficient (Wildman–Crippen LogP) is 1.04. The summed E-state index contributed by atoms with van der Waals surface area (Å²) in [4.78, 5) is 0.154. The van der Waals surface area contributed by atoms with E-state index in [9.17, 15) is 10.2 Å². The van der Waals surface area contributed by atoms with Gasteiger partial charge in [0.15, 0.2) is 0 Å². The third kappa shape index (κ3) is 5.15. The summed E-state index contributed by atoms with van der Waals surface area (Å²) in [5.74, 6) is 0. The molecule has 2 unspecified atom stereocenters. The molecule has 0 aromatic rings. The van der Waals surface area contributed by atoms with E-state index in [0.29, 0.717) is 6.61 Å². The fourth-order valence-electron chi connectivity index (χ4n) is 1.16. The van der Waals surface area contributed by atoms with Gasteiger partial charge < -0.3 is 14.9 Å². The highest BCUT2D eigenvalue weighted by atomic mass is 32.1. The average Bonchev–Trinajstić information content (AvgIpc) is 2.18. The Bertz CT molecular complexity index is 211. The van der Waals surface area contributed by atoms with E-state index in [4.69, 9.17) is 4.74 Å². The van der Waals surface area contributed by atoms with Crippen LogP contribution in [0.2, 0.25) is 0 Å². The van der Waals surface area contributed by atoms with Crippen LogP contribution in [0.25, 0.3) is 0 Å². The van der Waals surface area contributed by atoms with Crippen LogP contribution in [0, 0.1) is 0 Å². The van der Waals surface area contributed by atoms with Crippen molar-refractivity contribution in [2.75, 3.05) is 13.2 Å². The molecule has 0 fully saturated rings. The zero-order valence-corrected chi connectivity index (χ0v) is 11.6. The Labute approximate surface area is 99.7 Å². The lowest BCUT2D eigenvalue weighted by atomic mass is 10.1. The van der Waals surface area contributed by atoms with Crippen molar-refractivity contribution in [2.24, 2.45) is 0 Å². The van der Waals surface area contributed by atoms with Crippen molar-refractivity contribution in [2.45, 2.75) is 44.1 Å². The van der Waals surface area contributed by atoms with Gasteiger partial charge in [0, 0.05) is 11.5 Å². The molecule has 0 bridgehead atoms. The second kappa shape index (κ2) is 7.43. The second-order valence-corrected chi connectivity index (χ2v) is 6.19. The first-order valence-electron chi connectivity index (χ1n) is 5.26. The van der Waals surface area contributed by atoms with E-state index in [0.717, 1.165) is 12.8 Å². The van der Waals surface area contributed by atoms with Crippen LogP contribution in [0.15, 0.2) is 0 Å². The number of ether oxygens (including phenoxy) is 1. The minimum absolute atomic E-state index is 0.154. The van der Waals surface area contributed by atoms with Crippen molar-refractivity contribution in [3.05, 3.63) is 0 Å². The molecule has 0 aromatic carbocycles. The van der Waals surface area contributed by atoms with E-state index in [-0.39, 0.29) is 26.0 Å². The molecule has 2 atom stereocenters. The summed E-state index contributed by atoms with van der Waals surface area (Å²) in [6, 6.07) is 0. The van der Waals surface area contributed by atoms with Crippen molar-refractivity contribution in [3.8, 4) is 0 Å². The van der Waals surface area contributed by atoms with Crippen molar-refractivity contribution in [1.29, 1.82) is 0 Å². The first-order valence-corrected chi connectivity index (χ1v) is 6.85. The summed E-state index contributed by atoms with van der Waals surface area (Å²) in [5.41, 5.74) is -0.929. The molecule has 0 aliphatic rings. The average molecular weight is 249 g/mol. The Hall–Kier alpha value is 0.157. The van der Waals surface area contributed by atoms with Gasteiger partial charge in [-0.1, -0.05) is 13.3 Å². The molecule has 89 valence electrons. The normalized spacial score (nSPS) is 18.6. The number of thiol groups is 1. The molecule has 0 spiro atoms. The monoisotopic (exact) mass is 249 g/mol. The number of aliphatic hydroxyl groups is 2. The van der Waals surface area contributed by atoms with Gasteiger partial charge in [-0.05, 0) is 20.3 Å². The summed E-state index contributed by atoms with van der Waals surface area (Å²) in [7, 11) is 0.206. The molecule has 5 heteroatoms. The lowest BCUT2D eigenvalue weighted by Gasteiger charge is -2.27. The van der Waals surface area contributed by atoms with Crippen LogP contribution >= 0.6 is 12.6 Å². The van der Waals surface area contributed by atoms with E-state index in [2.05, 4.69) is 19.6 Å². The molecular formula is C10H21O3SSi. The summed E-state index contributed by atoms with van der Waals surface area (Å²) >= 11 is 4.38. The third-order valence-corrected chi connectivity index (χ3v) is 4.20. The lowest BCUT2D eigenvalue weighted by Crippen LogP contribution is -2.44. The molecule has 0 saturated carbocycles. The standard InChI is InChI=1S/C10H21O3SSi/c1-4-6-8(14)15-9(12)10(3,7-11)13-5-2/h8,11-12,14H,4-7H2,1-3H3. The molecular weight excluding hydrogens is 228 g/mol. The maximum atomic E-state index is 9.89. The van der Waals surface area contributed by atoms with Crippen LogP contribution < -0.4 is 0 Å². The molecule has 0 amide bonds. The molecule has 0 saturated heterocycles. The quantitative estimate of drug-likeness (QED) is 0.467. The zero-order valence-electron chi connectivity index (χ0n) is 9.66. The highest BCUT2D eigenvalue weighted by molar-refractivity contribution is 7.82. The second-order valence-electron chi connectivity index (χ2n) is 3.62. The summed E-state index contributed by atoms with van der Waals surface area (Å²) in [6.45, 7) is 5.89. The fraction of sp³-hybridized carbons (Fsp3) is 0.900. The predicted molar refractivity (Wildman–Crippen MR) is 67.5 cm³/mol. The van der Waals surface area contributed by atoms with Gasteiger partial charge in [0.25, 0.3) is 0 Å². The van der Waals surface area contributed by atoms with Crippen molar-refractivity contribution in [1.82, 2.24) is 0 Å². The van der Waals surface area contributed by atoms with E-state index < -0.39 is 5.60 Å². The smallest absolute Gasteiger partial charge is 0.139 e. The van der Waals surface area contributed by atoms with Crippen LogP contribution in [0.3, 0.4) is 0 Å². The highest BCUT2D eigenvalue weighted by Crippen LogP contribution is 2.11. The molecule has 15 heavy (non-hydrogen) atoms. The molecule has 0 heterocycles. The molecule has 0 aliphatic heterocycles. The van der Waals surface area contributed by atoms with Gasteiger partial charge in [-0.2, -0.15) is 12.6 Å². The van der Waals surface area contributed by atoms with Gasteiger partial charge in [-0.25, -0.2) is 0 Å². The number of hydrogen-bond acceptors (Lipinski definition) is 4. The first-order chi connectivity index (χ1) is 7.00. The summed E-state index contributed by atoms with van der Waals surface area (Å²) in [6.07, 6.45) is 2.00. The number of hydrogen-bond donors (Lipinski definition) is 3. The fourth-order valence-corrected chi connectivity index (χ4v) is 2.99. The topological polar surface area (TPSA) is 49.7 Å². The van der Waals surface area contributed by atoms with Crippen LogP contribution in [-0.4, -0.2) is 48.4 Å². The molecule has 2 N–H and O–H groups in total. The van der Waals surface area contributed by atoms with Gasteiger partial charge in [-0.15, -0.1) is 0 Å². The van der Waals surface area contributed by atoms with Gasteiger partial charge in [-0.3, -0.25) is 0 Å². The van der Waals surface area contributed by atoms with Gasteiger partial charge in [0.2, 0.25) is 0 Å². The Balaban J connectivity index is 4.54. The van der Waals surface area contributed by atoms with Crippen LogP contribution in [-0.2, 0) is 4.74 Å². The maximum Gasteiger partial charge on any atom is 0.139 e. The third-order valence-electron chi connectivity index (χ3n) is 2.13. The van der Waals surface area contributed by atoms with Crippen molar-refractivity contribution < 1.29 is 14.9 Å². The summed E-state index contributed by atoms with van der Waals surface area (Å²) < 4.78 is 5.36. The minimum atomic E-state index is -0.929. The van der Waals surface area contributed by atoms with Gasteiger partial charge in [0.1, 0.15) is 5.60 Å². The van der Waals surface area contributed by atoms with Crippen molar-refractivity contribution in [3.63, 3.8) is 0 Å². The van der Waals surface area contributed by atoms with Crippen LogP contribution in [0.1, 0.15) is 33.6 Å². The molecule has 0 aromatic heterocycles. The molecule has 1 radical (unpaired) electrons.